The van der Waals surface area contributed by atoms with E-state index in [2.05, 4.69) is 9.98 Å². The second-order valence-corrected chi connectivity index (χ2v) is 3.30. The van der Waals surface area contributed by atoms with Crippen molar-refractivity contribution in [3.8, 4) is 11.3 Å². The Balaban J connectivity index is 2.69. The molecule has 4 N–H and O–H groups in total. The quantitative estimate of drug-likeness (QED) is 0.478. The lowest BCUT2D eigenvalue weighted by atomic mass is 10.1. The van der Waals surface area contributed by atoms with Crippen LogP contribution in [-0.4, -0.2) is 33.2 Å². The lowest BCUT2D eigenvalue weighted by molar-refractivity contribution is 0.181. The minimum atomic E-state index is -0.0226. The van der Waals surface area contributed by atoms with Crippen LogP contribution in [0.4, 0.5) is 5.69 Å². The molecule has 0 saturated heterocycles. The van der Waals surface area contributed by atoms with Crippen molar-refractivity contribution in [3.05, 3.63) is 30.0 Å². The van der Waals surface area contributed by atoms with Crippen LogP contribution in [0.3, 0.4) is 0 Å². The van der Waals surface area contributed by atoms with E-state index in [0.717, 1.165) is 4.73 Å². The van der Waals surface area contributed by atoms with Crippen LogP contribution in [0.5, 0.6) is 0 Å². The van der Waals surface area contributed by atoms with Gasteiger partial charge in [-0.3, -0.25) is 4.99 Å². The van der Waals surface area contributed by atoms with Crippen molar-refractivity contribution in [2.45, 2.75) is 0 Å². The molecule has 0 unspecified atom stereocenters. The first-order chi connectivity index (χ1) is 7.72. The Labute approximate surface area is 91.6 Å². The summed E-state index contributed by atoms with van der Waals surface area (Å²) in [6.07, 6.45) is 2.74. The van der Waals surface area contributed by atoms with Crippen molar-refractivity contribution in [2.24, 2.45) is 4.99 Å². The number of hydrogen-bond donors (Lipinski definition) is 3. The first-order valence-electron chi connectivity index (χ1n) is 4.79. The van der Waals surface area contributed by atoms with Gasteiger partial charge in [0.05, 0.1) is 36.1 Å². The SMILES string of the molecule is Nc1ccc(=NCCO)c2cn(O)cnc1-2. The van der Waals surface area contributed by atoms with Crippen LogP contribution in [0.1, 0.15) is 0 Å². The molecule has 6 heteroatoms. The van der Waals surface area contributed by atoms with E-state index in [-0.39, 0.29) is 6.61 Å². The van der Waals surface area contributed by atoms with Gasteiger partial charge < -0.3 is 16.0 Å². The fraction of sp³-hybridized carbons (Fsp3) is 0.200. The molecule has 1 aliphatic heterocycles. The summed E-state index contributed by atoms with van der Waals surface area (Å²) in [6, 6.07) is 3.43. The predicted molar refractivity (Wildman–Crippen MR) is 58.0 cm³/mol. The molecule has 84 valence electrons. The van der Waals surface area contributed by atoms with Crippen LogP contribution >= 0.6 is 0 Å². The maximum atomic E-state index is 9.29. The van der Waals surface area contributed by atoms with Gasteiger partial charge in [-0.05, 0) is 12.1 Å². The largest absolute Gasteiger partial charge is 0.428 e. The highest BCUT2D eigenvalue weighted by molar-refractivity contribution is 5.72. The van der Waals surface area contributed by atoms with Gasteiger partial charge in [-0.15, -0.1) is 0 Å². The Morgan fingerprint density at radius 2 is 2.25 bits per heavy atom. The molecule has 0 aromatic rings. The molecule has 0 bridgehead atoms. The van der Waals surface area contributed by atoms with Gasteiger partial charge >= 0.3 is 0 Å². The van der Waals surface area contributed by atoms with Gasteiger partial charge in [0, 0.05) is 5.56 Å². The Bertz CT molecular complexity index is 535. The summed E-state index contributed by atoms with van der Waals surface area (Å²) in [5.41, 5.74) is 7.52. The van der Waals surface area contributed by atoms with Gasteiger partial charge in [0.25, 0.3) is 0 Å². The summed E-state index contributed by atoms with van der Waals surface area (Å²) in [5, 5.41) is 18.7. The highest BCUT2D eigenvalue weighted by Crippen LogP contribution is 2.20. The Morgan fingerprint density at radius 3 is 3.00 bits per heavy atom. The molecule has 0 aromatic heterocycles. The number of nitrogen functional groups attached to an aromatic ring is 1. The number of benzene rings is 1. The standard InChI is InChI=1S/C10H12N4O2/c11-8-1-2-9(12-3-4-15)7-5-14(16)6-13-10(7)8/h1-2,5-6,15-16H,3-4,11H2. The third-order valence-corrected chi connectivity index (χ3v) is 2.17. The average Bonchev–Trinajstić information content (AvgIpc) is 2.28. The molecule has 0 fully saturated rings. The van der Waals surface area contributed by atoms with Crippen molar-refractivity contribution in [1.29, 1.82) is 0 Å². The number of anilines is 1. The van der Waals surface area contributed by atoms with E-state index in [0.29, 0.717) is 28.8 Å². The Hall–Kier alpha value is -2.08. The summed E-state index contributed by atoms with van der Waals surface area (Å²) in [5.74, 6) is 0. The van der Waals surface area contributed by atoms with E-state index in [9.17, 15) is 5.21 Å². The van der Waals surface area contributed by atoms with Gasteiger partial charge in [-0.1, -0.05) is 0 Å². The number of aliphatic hydroxyl groups excluding tert-OH is 1. The first-order valence-corrected chi connectivity index (χ1v) is 4.79. The summed E-state index contributed by atoms with van der Waals surface area (Å²) in [7, 11) is 0. The second kappa shape index (κ2) is 4.19. The van der Waals surface area contributed by atoms with E-state index in [4.69, 9.17) is 10.8 Å². The number of rotatable bonds is 2. The molecule has 0 amide bonds. The van der Waals surface area contributed by atoms with Crippen LogP contribution < -0.4 is 11.1 Å². The summed E-state index contributed by atoms with van der Waals surface area (Å²) < 4.78 is 0.847. The number of nitrogens with zero attached hydrogens (tertiary/aromatic N) is 3. The van der Waals surface area contributed by atoms with Gasteiger partial charge in [-0.25, -0.2) is 4.98 Å². The van der Waals surface area contributed by atoms with Crippen molar-refractivity contribution in [3.63, 3.8) is 0 Å². The van der Waals surface area contributed by atoms with Gasteiger partial charge in [0.15, 0.2) is 0 Å². The zero-order chi connectivity index (χ0) is 11.5. The van der Waals surface area contributed by atoms with Crippen molar-refractivity contribution in [1.82, 2.24) is 9.71 Å². The molecule has 0 radical (unpaired) electrons. The topological polar surface area (TPSA) is 96.7 Å². The fourth-order valence-corrected chi connectivity index (χ4v) is 1.48. The number of hydrogen-bond acceptors (Lipinski definition) is 5. The van der Waals surface area contributed by atoms with Gasteiger partial charge in [0.2, 0.25) is 0 Å². The van der Waals surface area contributed by atoms with Crippen molar-refractivity contribution >= 4 is 5.69 Å². The van der Waals surface area contributed by atoms with Crippen LogP contribution in [0.2, 0.25) is 0 Å². The third kappa shape index (κ3) is 1.82. The Morgan fingerprint density at radius 1 is 1.44 bits per heavy atom. The van der Waals surface area contributed by atoms with Crippen LogP contribution in [0.15, 0.2) is 29.6 Å². The molecule has 2 rings (SSSR count). The highest BCUT2D eigenvalue weighted by atomic mass is 16.5. The normalized spacial score (nSPS) is 12.2. The first kappa shape index (κ1) is 10.4. The molecule has 1 heterocycles. The maximum Gasteiger partial charge on any atom is 0.132 e. The maximum absolute atomic E-state index is 9.29. The van der Waals surface area contributed by atoms with Crippen molar-refractivity contribution in [2.75, 3.05) is 18.9 Å². The number of nitrogens with two attached hydrogens (primary N) is 1. The molecule has 0 atom stereocenters. The summed E-state index contributed by atoms with van der Waals surface area (Å²) in [6.45, 7) is 0.282. The number of aromatic nitrogens is 2. The molecular formula is C10H12N4O2. The average molecular weight is 220 g/mol. The molecular weight excluding hydrogens is 208 g/mol. The monoisotopic (exact) mass is 220 g/mol. The van der Waals surface area contributed by atoms with E-state index in [1.807, 2.05) is 0 Å². The molecule has 2 aliphatic rings. The van der Waals surface area contributed by atoms with E-state index in [1.165, 1.54) is 12.5 Å². The summed E-state index contributed by atoms with van der Waals surface area (Å²) in [4.78, 5) is 8.18. The van der Waals surface area contributed by atoms with Crippen LogP contribution in [-0.2, 0) is 0 Å². The smallest absolute Gasteiger partial charge is 0.132 e. The summed E-state index contributed by atoms with van der Waals surface area (Å²) >= 11 is 0. The highest BCUT2D eigenvalue weighted by Gasteiger charge is 2.09. The second-order valence-electron chi connectivity index (χ2n) is 3.30. The molecule has 6 nitrogen and oxygen atoms in total. The Kier molecular flexibility index (Phi) is 2.74. The lowest BCUT2D eigenvalue weighted by Crippen LogP contribution is -2.13. The lowest BCUT2D eigenvalue weighted by Gasteiger charge is -2.08. The molecule has 0 saturated carbocycles. The minimum absolute atomic E-state index is 0.0226. The molecule has 0 aromatic carbocycles. The fourth-order valence-electron chi connectivity index (χ4n) is 1.48. The van der Waals surface area contributed by atoms with Crippen molar-refractivity contribution < 1.29 is 10.3 Å². The van der Waals surface area contributed by atoms with E-state index < -0.39 is 0 Å². The van der Waals surface area contributed by atoms with Crippen LogP contribution in [0, 0.1) is 0 Å². The number of fused-ring (bicyclic) bond motifs is 1. The van der Waals surface area contributed by atoms with Gasteiger partial charge in [0.1, 0.15) is 6.33 Å². The third-order valence-electron chi connectivity index (χ3n) is 2.17. The van der Waals surface area contributed by atoms with E-state index in [1.54, 1.807) is 12.1 Å². The van der Waals surface area contributed by atoms with Crippen LogP contribution in [0.25, 0.3) is 11.3 Å². The van der Waals surface area contributed by atoms with Gasteiger partial charge in [-0.2, -0.15) is 4.73 Å². The zero-order valence-electron chi connectivity index (χ0n) is 8.54. The molecule has 0 spiro atoms. The molecule has 16 heavy (non-hydrogen) atoms. The minimum Gasteiger partial charge on any atom is -0.428 e. The van der Waals surface area contributed by atoms with E-state index >= 15 is 0 Å². The molecule has 1 aliphatic carbocycles. The predicted octanol–water partition coefficient (Wildman–Crippen LogP) is -0.300. The zero-order valence-corrected chi connectivity index (χ0v) is 8.54. The number of aliphatic hydroxyl groups is 1.